The molecule has 0 saturated heterocycles. The lowest BCUT2D eigenvalue weighted by Crippen LogP contribution is -2.06. The van der Waals surface area contributed by atoms with Gasteiger partial charge in [0.05, 0.1) is 0 Å². The van der Waals surface area contributed by atoms with Gasteiger partial charge in [0.2, 0.25) is 5.91 Å². The number of benzene rings is 1. The summed E-state index contributed by atoms with van der Waals surface area (Å²) in [5.41, 5.74) is 2.48. The van der Waals surface area contributed by atoms with E-state index in [-0.39, 0.29) is 5.91 Å². The van der Waals surface area contributed by atoms with Crippen molar-refractivity contribution in [1.29, 1.82) is 0 Å². The quantitative estimate of drug-likeness (QED) is 0.692. The van der Waals surface area contributed by atoms with E-state index in [2.05, 4.69) is 41.5 Å². The number of furan rings is 1. The van der Waals surface area contributed by atoms with Crippen LogP contribution in [0.1, 0.15) is 27.5 Å². The van der Waals surface area contributed by atoms with Crippen LogP contribution in [0.4, 0.5) is 5.13 Å². The lowest BCUT2D eigenvalue weighted by atomic mass is 10.1. The molecule has 1 amide bonds. The minimum atomic E-state index is -0.222. The van der Waals surface area contributed by atoms with Crippen LogP contribution in [0, 0.1) is 13.8 Å². The summed E-state index contributed by atoms with van der Waals surface area (Å²) in [5, 5.41) is 3.38. The first-order chi connectivity index (χ1) is 11.6. The van der Waals surface area contributed by atoms with Crippen LogP contribution in [-0.2, 0) is 11.2 Å². The molecule has 1 aromatic carbocycles. The Morgan fingerprint density at radius 1 is 1.29 bits per heavy atom. The van der Waals surface area contributed by atoms with Crippen LogP contribution in [0.2, 0.25) is 0 Å². The molecule has 5 heteroatoms. The standard InChI is InChI=1S/C19H18N2O2S/c1-13-4-3-5-15(10-13)11-17-12-20-19(24-17)21-18(22)9-8-16-7-6-14(2)23-16/h3-10,12H,11H2,1-2H3,(H,20,21,22)/b9-8+. The Labute approximate surface area is 144 Å². The van der Waals surface area contributed by atoms with E-state index in [9.17, 15) is 4.79 Å². The minimum Gasteiger partial charge on any atom is -0.462 e. The summed E-state index contributed by atoms with van der Waals surface area (Å²) in [5.74, 6) is 1.25. The molecule has 0 radical (unpaired) electrons. The van der Waals surface area contributed by atoms with E-state index in [1.165, 1.54) is 28.5 Å². The van der Waals surface area contributed by atoms with Crippen molar-refractivity contribution in [2.24, 2.45) is 0 Å². The highest BCUT2D eigenvalue weighted by Gasteiger charge is 2.06. The first-order valence-electron chi connectivity index (χ1n) is 7.64. The molecule has 24 heavy (non-hydrogen) atoms. The van der Waals surface area contributed by atoms with Crippen molar-refractivity contribution in [2.45, 2.75) is 20.3 Å². The molecule has 1 N–H and O–H groups in total. The number of aromatic nitrogens is 1. The average Bonchev–Trinajstić information content (AvgIpc) is 3.14. The molecular formula is C19H18N2O2S. The van der Waals surface area contributed by atoms with Gasteiger partial charge in [-0.15, -0.1) is 11.3 Å². The number of carbonyl (C=O) groups is 1. The summed E-state index contributed by atoms with van der Waals surface area (Å²) in [6.45, 7) is 3.94. The highest BCUT2D eigenvalue weighted by molar-refractivity contribution is 7.15. The van der Waals surface area contributed by atoms with Gasteiger partial charge in [0.1, 0.15) is 11.5 Å². The Morgan fingerprint density at radius 3 is 2.92 bits per heavy atom. The van der Waals surface area contributed by atoms with E-state index in [4.69, 9.17) is 4.42 Å². The fourth-order valence-electron chi connectivity index (χ4n) is 2.32. The van der Waals surface area contributed by atoms with E-state index in [0.717, 1.165) is 17.1 Å². The zero-order valence-corrected chi connectivity index (χ0v) is 14.4. The molecule has 122 valence electrons. The van der Waals surface area contributed by atoms with Crippen molar-refractivity contribution >= 4 is 28.5 Å². The van der Waals surface area contributed by atoms with Crippen LogP contribution >= 0.6 is 11.3 Å². The molecule has 2 aromatic heterocycles. The van der Waals surface area contributed by atoms with Gasteiger partial charge in [-0.1, -0.05) is 29.8 Å². The number of rotatable bonds is 5. The summed E-state index contributed by atoms with van der Waals surface area (Å²) < 4.78 is 5.38. The van der Waals surface area contributed by atoms with Crippen LogP contribution in [0.15, 0.2) is 53.1 Å². The normalized spacial score (nSPS) is 11.1. The van der Waals surface area contributed by atoms with Gasteiger partial charge in [-0.2, -0.15) is 0 Å². The van der Waals surface area contributed by atoms with E-state index < -0.39 is 0 Å². The van der Waals surface area contributed by atoms with Crippen LogP contribution in [0.25, 0.3) is 6.08 Å². The first kappa shape index (κ1) is 16.2. The third-order valence-corrected chi connectivity index (χ3v) is 4.32. The number of aryl methyl sites for hydroxylation is 2. The van der Waals surface area contributed by atoms with E-state index >= 15 is 0 Å². The van der Waals surface area contributed by atoms with Gasteiger partial charge in [-0.05, 0) is 37.6 Å². The number of hydrogen-bond acceptors (Lipinski definition) is 4. The van der Waals surface area contributed by atoms with Crippen LogP contribution in [0.5, 0.6) is 0 Å². The summed E-state index contributed by atoms with van der Waals surface area (Å²) in [6, 6.07) is 12.1. The SMILES string of the molecule is Cc1cccc(Cc2cnc(NC(=O)/C=C/c3ccc(C)o3)s2)c1. The molecular weight excluding hydrogens is 320 g/mol. The van der Waals surface area contributed by atoms with Gasteiger partial charge in [0, 0.05) is 23.6 Å². The number of amides is 1. The summed E-state index contributed by atoms with van der Waals surface area (Å²) in [6.07, 6.45) is 5.71. The van der Waals surface area contributed by atoms with Gasteiger partial charge >= 0.3 is 0 Å². The zero-order valence-electron chi connectivity index (χ0n) is 13.6. The lowest BCUT2D eigenvalue weighted by molar-refractivity contribution is -0.111. The molecule has 3 rings (SSSR count). The molecule has 0 atom stereocenters. The molecule has 0 spiro atoms. The highest BCUT2D eigenvalue weighted by Crippen LogP contribution is 2.21. The lowest BCUT2D eigenvalue weighted by Gasteiger charge is -1.99. The Morgan fingerprint density at radius 2 is 2.17 bits per heavy atom. The van der Waals surface area contributed by atoms with Crippen molar-refractivity contribution in [3.05, 3.63) is 76.2 Å². The van der Waals surface area contributed by atoms with Crippen molar-refractivity contribution in [3.8, 4) is 0 Å². The second-order valence-electron chi connectivity index (χ2n) is 5.57. The van der Waals surface area contributed by atoms with Crippen LogP contribution in [0.3, 0.4) is 0 Å². The molecule has 4 nitrogen and oxygen atoms in total. The molecule has 2 heterocycles. The predicted octanol–water partition coefficient (Wildman–Crippen LogP) is 4.60. The largest absolute Gasteiger partial charge is 0.462 e. The maximum absolute atomic E-state index is 11.9. The molecule has 0 bridgehead atoms. The van der Waals surface area contributed by atoms with Crippen LogP contribution < -0.4 is 5.32 Å². The zero-order chi connectivity index (χ0) is 16.9. The number of anilines is 1. The fraction of sp³-hybridized carbons (Fsp3) is 0.158. The molecule has 0 unspecified atom stereocenters. The molecule has 0 aliphatic carbocycles. The van der Waals surface area contributed by atoms with Crippen molar-refractivity contribution in [2.75, 3.05) is 5.32 Å². The third-order valence-electron chi connectivity index (χ3n) is 3.40. The van der Waals surface area contributed by atoms with Crippen molar-refractivity contribution in [3.63, 3.8) is 0 Å². The molecule has 3 aromatic rings. The van der Waals surface area contributed by atoms with Gasteiger partial charge in [0.25, 0.3) is 0 Å². The number of nitrogens with zero attached hydrogens (tertiary/aromatic N) is 1. The molecule has 0 aliphatic heterocycles. The van der Waals surface area contributed by atoms with E-state index in [1.807, 2.05) is 25.3 Å². The first-order valence-corrected chi connectivity index (χ1v) is 8.46. The molecule has 0 saturated carbocycles. The van der Waals surface area contributed by atoms with E-state index in [0.29, 0.717) is 10.9 Å². The smallest absolute Gasteiger partial charge is 0.250 e. The average molecular weight is 338 g/mol. The van der Waals surface area contributed by atoms with Gasteiger partial charge in [-0.25, -0.2) is 4.98 Å². The minimum absolute atomic E-state index is 0.222. The summed E-state index contributed by atoms with van der Waals surface area (Å²) >= 11 is 1.49. The topological polar surface area (TPSA) is 55.1 Å². The predicted molar refractivity (Wildman–Crippen MR) is 97.2 cm³/mol. The summed E-state index contributed by atoms with van der Waals surface area (Å²) in [4.78, 5) is 17.3. The Balaban J connectivity index is 1.59. The monoisotopic (exact) mass is 338 g/mol. The van der Waals surface area contributed by atoms with Crippen molar-refractivity contribution < 1.29 is 9.21 Å². The van der Waals surface area contributed by atoms with Gasteiger partial charge in [-0.3, -0.25) is 10.1 Å². The number of hydrogen-bond donors (Lipinski definition) is 1. The Bertz CT molecular complexity index is 877. The Kier molecular flexibility index (Phi) is 4.91. The van der Waals surface area contributed by atoms with Crippen LogP contribution in [-0.4, -0.2) is 10.9 Å². The van der Waals surface area contributed by atoms with Crippen molar-refractivity contribution in [1.82, 2.24) is 4.98 Å². The Hall–Kier alpha value is -2.66. The molecule has 0 fully saturated rings. The van der Waals surface area contributed by atoms with E-state index in [1.54, 1.807) is 6.08 Å². The summed E-state index contributed by atoms with van der Waals surface area (Å²) in [7, 11) is 0. The van der Waals surface area contributed by atoms with Gasteiger partial charge in [0.15, 0.2) is 5.13 Å². The second-order valence-corrected chi connectivity index (χ2v) is 6.68. The number of carbonyl (C=O) groups excluding carboxylic acids is 1. The molecule has 0 aliphatic rings. The second kappa shape index (κ2) is 7.27. The highest BCUT2D eigenvalue weighted by atomic mass is 32.1. The maximum atomic E-state index is 11.9. The third kappa shape index (κ3) is 4.43. The fourth-order valence-corrected chi connectivity index (χ4v) is 3.17. The maximum Gasteiger partial charge on any atom is 0.250 e. The number of thiazole rings is 1. The van der Waals surface area contributed by atoms with Gasteiger partial charge < -0.3 is 4.42 Å². The number of nitrogens with one attached hydrogen (secondary N) is 1.